The molecule has 1 saturated carbocycles. The molecule has 1 aromatic carbocycles. The fourth-order valence-corrected chi connectivity index (χ4v) is 4.78. The lowest BCUT2D eigenvalue weighted by Gasteiger charge is -2.23. The second-order valence-electron chi connectivity index (χ2n) is 9.08. The lowest BCUT2D eigenvalue weighted by atomic mass is 9.86. The summed E-state index contributed by atoms with van der Waals surface area (Å²) in [5.74, 6) is 1.31. The van der Waals surface area contributed by atoms with E-state index in [4.69, 9.17) is 0 Å². The fourth-order valence-electron chi connectivity index (χ4n) is 4.78. The van der Waals surface area contributed by atoms with Gasteiger partial charge in [0.2, 0.25) is 5.91 Å². The fraction of sp³-hybridized carbons (Fsp3) is 0.545. The summed E-state index contributed by atoms with van der Waals surface area (Å²) in [6.07, 6.45) is 4.11. The zero-order valence-corrected chi connectivity index (χ0v) is 16.8. The summed E-state index contributed by atoms with van der Waals surface area (Å²) >= 11 is 0. The van der Waals surface area contributed by atoms with Crippen LogP contribution in [0.2, 0.25) is 0 Å². The van der Waals surface area contributed by atoms with Crippen LogP contribution in [0, 0.1) is 18.3 Å². The van der Waals surface area contributed by atoms with Crippen LogP contribution in [0.15, 0.2) is 33.9 Å². The van der Waals surface area contributed by atoms with Crippen molar-refractivity contribution in [2.45, 2.75) is 52.1 Å². The van der Waals surface area contributed by atoms with Crippen molar-refractivity contribution < 1.29 is 4.79 Å². The standard InChI is InChI=1S/C22H26N4O3/c1-15-4-2-3-5-17(15)10-19(27)24-9-8-22(13-24)11-18-23-26(12-16-6-7-16)21(29)20(28)25(18)14-22/h2-5,16H,6-14H2,1H3/t22-/m1/s1. The van der Waals surface area contributed by atoms with Gasteiger partial charge in [-0.15, -0.1) is 0 Å². The number of carbonyl (C=O) groups is 1. The molecule has 1 atom stereocenters. The third kappa shape index (κ3) is 3.32. The Hall–Kier alpha value is -2.70. The van der Waals surface area contributed by atoms with Gasteiger partial charge < -0.3 is 4.90 Å². The van der Waals surface area contributed by atoms with Gasteiger partial charge in [-0.1, -0.05) is 24.3 Å². The van der Waals surface area contributed by atoms with Crippen molar-refractivity contribution in [2.24, 2.45) is 11.3 Å². The number of rotatable bonds is 4. The van der Waals surface area contributed by atoms with E-state index in [1.807, 2.05) is 36.1 Å². The molecule has 0 radical (unpaired) electrons. The number of hydrogen-bond acceptors (Lipinski definition) is 4. The molecular weight excluding hydrogens is 368 g/mol. The average molecular weight is 394 g/mol. The molecule has 3 aliphatic rings. The second kappa shape index (κ2) is 6.68. The smallest absolute Gasteiger partial charge is 0.332 e. The number of hydrogen-bond donors (Lipinski definition) is 0. The van der Waals surface area contributed by atoms with Crippen LogP contribution < -0.4 is 11.1 Å². The summed E-state index contributed by atoms with van der Waals surface area (Å²) in [5, 5.41) is 4.53. The van der Waals surface area contributed by atoms with Gasteiger partial charge in [-0.2, -0.15) is 5.10 Å². The first-order chi connectivity index (χ1) is 13.9. The molecule has 2 fully saturated rings. The Morgan fingerprint density at radius 3 is 2.72 bits per heavy atom. The van der Waals surface area contributed by atoms with E-state index in [1.54, 1.807) is 4.57 Å². The highest BCUT2D eigenvalue weighted by Gasteiger charge is 2.46. The van der Waals surface area contributed by atoms with Gasteiger partial charge in [0.1, 0.15) is 5.82 Å². The van der Waals surface area contributed by atoms with E-state index >= 15 is 0 Å². The van der Waals surface area contributed by atoms with E-state index < -0.39 is 11.1 Å². The number of nitrogens with zero attached hydrogens (tertiary/aromatic N) is 4. The molecule has 7 heteroatoms. The van der Waals surface area contributed by atoms with Gasteiger partial charge in [0.25, 0.3) is 0 Å². The third-order valence-electron chi connectivity index (χ3n) is 6.76. The van der Waals surface area contributed by atoms with Crippen molar-refractivity contribution in [1.82, 2.24) is 19.2 Å². The lowest BCUT2D eigenvalue weighted by molar-refractivity contribution is -0.129. The summed E-state index contributed by atoms with van der Waals surface area (Å²) in [7, 11) is 0. The quantitative estimate of drug-likeness (QED) is 0.729. The summed E-state index contributed by atoms with van der Waals surface area (Å²) in [6.45, 7) is 4.38. The topological polar surface area (TPSA) is 77.2 Å². The first-order valence-electron chi connectivity index (χ1n) is 10.5. The number of fused-ring (bicyclic) bond motifs is 1. The van der Waals surface area contributed by atoms with E-state index in [2.05, 4.69) is 5.10 Å². The zero-order valence-electron chi connectivity index (χ0n) is 16.8. The van der Waals surface area contributed by atoms with Gasteiger partial charge in [-0.25, -0.2) is 4.68 Å². The highest BCUT2D eigenvalue weighted by molar-refractivity contribution is 5.79. The molecule has 3 heterocycles. The molecular formula is C22H26N4O3. The van der Waals surface area contributed by atoms with Gasteiger partial charge in [-0.05, 0) is 43.2 Å². The van der Waals surface area contributed by atoms with E-state index in [0.29, 0.717) is 50.8 Å². The minimum atomic E-state index is -0.511. The van der Waals surface area contributed by atoms with Gasteiger partial charge in [0.05, 0.1) is 6.42 Å². The monoisotopic (exact) mass is 394 g/mol. The van der Waals surface area contributed by atoms with Crippen LogP contribution in [0.5, 0.6) is 0 Å². The Morgan fingerprint density at radius 2 is 1.97 bits per heavy atom. The number of aryl methyl sites for hydroxylation is 1. The van der Waals surface area contributed by atoms with Crippen LogP contribution >= 0.6 is 0 Å². The predicted molar refractivity (Wildman–Crippen MR) is 108 cm³/mol. The maximum Gasteiger partial charge on any atom is 0.332 e. The minimum absolute atomic E-state index is 0.126. The van der Waals surface area contributed by atoms with Crippen LogP contribution in [-0.2, 0) is 30.7 Å². The molecule has 2 aliphatic heterocycles. The molecule has 1 amide bonds. The van der Waals surface area contributed by atoms with Crippen LogP contribution in [0.4, 0.5) is 0 Å². The molecule has 0 bridgehead atoms. The molecule has 152 valence electrons. The van der Waals surface area contributed by atoms with E-state index in [-0.39, 0.29) is 11.3 Å². The third-order valence-corrected chi connectivity index (χ3v) is 6.76. The number of benzene rings is 1. The van der Waals surface area contributed by atoms with Gasteiger partial charge in [0, 0.05) is 38.0 Å². The predicted octanol–water partition coefficient (Wildman–Crippen LogP) is 1.14. The number of aromatic nitrogens is 3. The molecule has 2 aromatic rings. The molecule has 0 unspecified atom stereocenters. The van der Waals surface area contributed by atoms with Crippen LogP contribution in [0.25, 0.3) is 0 Å². The first-order valence-corrected chi connectivity index (χ1v) is 10.5. The van der Waals surface area contributed by atoms with Crippen LogP contribution in [0.1, 0.15) is 36.2 Å². The van der Waals surface area contributed by atoms with Crippen LogP contribution in [0.3, 0.4) is 0 Å². The Kier molecular flexibility index (Phi) is 4.22. The molecule has 5 rings (SSSR count). The summed E-state index contributed by atoms with van der Waals surface area (Å²) < 4.78 is 2.93. The molecule has 7 nitrogen and oxygen atoms in total. The summed E-state index contributed by atoms with van der Waals surface area (Å²) in [4.78, 5) is 39.8. The molecule has 29 heavy (non-hydrogen) atoms. The highest BCUT2D eigenvalue weighted by Crippen LogP contribution is 2.39. The summed E-state index contributed by atoms with van der Waals surface area (Å²) in [6, 6.07) is 7.97. The second-order valence-corrected chi connectivity index (χ2v) is 9.08. The Morgan fingerprint density at radius 1 is 1.17 bits per heavy atom. The van der Waals surface area contributed by atoms with Crippen molar-refractivity contribution >= 4 is 5.91 Å². The Balaban J connectivity index is 1.33. The molecule has 1 spiro atoms. The van der Waals surface area contributed by atoms with Crippen molar-refractivity contribution in [3.05, 3.63) is 61.9 Å². The zero-order chi connectivity index (χ0) is 20.2. The average Bonchev–Trinajstić information content (AvgIpc) is 3.31. The Labute approximate surface area is 169 Å². The highest BCUT2D eigenvalue weighted by atomic mass is 16.2. The minimum Gasteiger partial charge on any atom is -0.342 e. The normalized spacial score (nSPS) is 23.0. The largest absolute Gasteiger partial charge is 0.342 e. The van der Waals surface area contributed by atoms with Crippen molar-refractivity contribution in [3.63, 3.8) is 0 Å². The Bertz CT molecular complexity index is 1100. The number of carbonyl (C=O) groups excluding carboxylic acids is 1. The van der Waals surface area contributed by atoms with E-state index in [9.17, 15) is 14.4 Å². The molecule has 1 saturated heterocycles. The molecule has 0 N–H and O–H groups in total. The SMILES string of the molecule is Cc1ccccc1CC(=O)N1CC[C@@]2(Cc3nn(CC4CC4)c(=O)c(=O)n3C2)C1. The molecule has 1 aliphatic carbocycles. The number of likely N-dealkylation sites (tertiary alicyclic amines) is 1. The van der Waals surface area contributed by atoms with Crippen molar-refractivity contribution in [1.29, 1.82) is 0 Å². The van der Waals surface area contributed by atoms with Gasteiger partial charge in [-0.3, -0.25) is 19.0 Å². The van der Waals surface area contributed by atoms with Gasteiger partial charge in [0.15, 0.2) is 0 Å². The van der Waals surface area contributed by atoms with Crippen molar-refractivity contribution in [2.75, 3.05) is 13.1 Å². The maximum absolute atomic E-state index is 12.9. The maximum atomic E-state index is 12.9. The van der Waals surface area contributed by atoms with Crippen LogP contribution in [-0.4, -0.2) is 38.2 Å². The van der Waals surface area contributed by atoms with Crippen molar-refractivity contribution in [3.8, 4) is 0 Å². The lowest BCUT2D eigenvalue weighted by Crippen LogP contribution is -2.43. The molecule has 1 aromatic heterocycles. The van der Waals surface area contributed by atoms with Gasteiger partial charge >= 0.3 is 11.1 Å². The number of amides is 1. The first kappa shape index (κ1) is 18.3. The summed E-state index contributed by atoms with van der Waals surface area (Å²) in [5.41, 5.74) is 1.04. The van der Waals surface area contributed by atoms with E-state index in [1.165, 1.54) is 4.68 Å². The van der Waals surface area contributed by atoms with E-state index in [0.717, 1.165) is 30.4 Å².